The Morgan fingerprint density at radius 3 is 2.25 bits per heavy atom. The average molecular weight is 234 g/mol. The Balaban J connectivity index is 2.72. The Morgan fingerprint density at radius 2 is 1.81 bits per heavy atom. The van der Waals surface area contributed by atoms with Crippen LogP contribution in [-0.4, -0.2) is 36.6 Å². The van der Waals surface area contributed by atoms with Crippen LogP contribution in [0.25, 0.3) is 0 Å². The van der Waals surface area contributed by atoms with Crippen LogP contribution >= 0.6 is 0 Å². The van der Waals surface area contributed by atoms with E-state index in [4.69, 9.17) is 14.2 Å². The first-order valence-electron chi connectivity index (χ1n) is 5.09. The predicted molar refractivity (Wildman–Crippen MR) is 51.2 cm³/mol. The first-order valence-corrected chi connectivity index (χ1v) is 5.09. The Kier molecular flexibility index (Phi) is 4.23. The minimum absolute atomic E-state index is 0.413. The molecule has 1 saturated heterocycles. The Hall–Kier alpha value is -1.17. The van der Waals surface area contributed by atoms with Crippen LogP contribution < -0.4 is 0 Å². The Morgan fingerprint density at radius 1 is 1.25 bits per heavy atom. The van der Waals surface area contributed by atoms with Gasteiger partial charge in [0.05, 0.1) is 6.10 Å². The van der Waals surface area contributed by atoms with Gasteiger partial charge in [0.2, 0.25) is 6.29 Å². The third-order valence-electron chi connectivity index (χ3n) is 2.23. The molecule has 0 amide bonds. The molecule has 0 bridgehead atoms. The van der Waals surface area contributed by atoms with E-state index in [0.29, 0.717) is 6.42 Å². The van der Waals surface area contributed by atoms with E-state index in [1.54, 1.807) is 6.92 Å². The number of hydrogen-bond donors (Lipinski definition) is 0. The first-order chi connectivity index (χ1) is 7.45. The van der Waals surface area contributed by atoms with Crippen LogP contribution in [0.5, 0.6) is 0 Å². The summed E-state index contributed by atoms with van der Waals surface area (Å²) in [7, 11) is 0. The van der Waals surface area contributed by atoms with Gasteiger partial charge in [0, 0.05) is 13.8 Å². The lowest BCUT2D eigenvalue weighted by Gasteiger charge is -2.18. The molecule has 0 spiro atoms. The molecule has 16 heavy (non-hydrogen) atoms. The molecule has 6 heteroatoms. The third-order valence-corrected chi connectivity index (χ3v) is 2.23. The largest absolute Gasteiger partial charge is 0.453 e. The molecular formula is C10H15FO5. The van der Waals surface area contributed by atoms with Gasteiger partial charge in [-0.2, -0.15) is 0 Å². The maximum absolute atomic E-state index is 13.7. The van der Waals surface area contributed by atoms with Gasteiger partial charge in [0.15, 0.2) is 12.3 Å². The minimum atomic E-state index is -1.47. The van der Waals surface area contributed by atoms with Crippen molar-refractivity contribution in [1.29, 1.82) is 0 Å². The number of esters is 2. The minimum Gasteiger partial charge on any atom is -0.453 e. The van der Waals surface area contributed by atoms with Crippen molar-refractivity contribution in [3.05, 3.63) is 0 Å². The molecule has 0 saturated carbocycles. The first kappa shape index (κ1) is 12.9. The molecule has 0 aromatic heterocycles. The number of carbonyl (C=O) groups is 2. The Labute approximate surface area is 92.8 Å². The van der Waals surface area contributed by atoms with Crippen LogP contribution in [0.1, 0.15) is 27.2 Å². The summed E-state index contributed by atoms with van der Waals surface area (Å²) in [5.74, 6) is -1.24. The SMILES string of the molecule is CC[C@H]1OC(OC(C)=O)C(OC(C)=O)[C@H]1F. The second kappa shape index (κ2) is 5.25. The summed E-state index contributed by atoms with van der Waals surface area (Å²) >= 11 is 0. The van der Waals surface area contributed by atoms with Gasteiger partial charge in [0.25, 0.3) is 0 Å². The molecule has 0 aromatic rings. The topological polar surface area (TPSA) is 61.8 Å². The molecule has 1 rings (SSSR count). The van der Waals surface area contributed by atoms with E-state index in [1.165, 1.54) is 6.92 Å². The van der Waals surface area contributed by atoms with Crippen LogP contribution in [0.4, 0.5) is 4.39 Å². The smallest absolute Gasteiger partial charge is 0.305 e. The van der Waals surface area contributed by atoms with Crippen molar-refractivity contribution in [3.63, 3.8) is 0 Å². The summed E-state index contributed by atoms with van der Waals surface area (Å²) in [6.45, 7) is 4.08. The molecule has 92 valence electrons. The summed E-state index contributed by atoms with van der Waals surface area (Å²) in [6.07, 6.45) is -4.10. The fourth-order valence-electron chi connectivity index (χ4n) is 1.58. The van der Waals surface area contributed by atoms with Crippen molar-refractivity contribution in [2.45, 2.75) is 51.9 Å². The number of hydrogen-bond acceptors (Lipinski definition) is 5. The molecule has 5 nitrogen and oxygen atoms in total. The lowest BCUT2D eigenvalue weighted by molar-refractivity contribution is -0.194. The van der Waals surface area contributed by atoms with Crippen molar-refractivity contribution in [3.8, 4) is 0 Å². The lowest BCUT2D eigenvalue weighted by Crippen LogP contribution is -2.36. The van der Waals surface area contributed by atoms with Crippen LogP contribution in [-0.2, 0) is 23.8 Å². The molecule has 0 aliphatic carbocycles. The van der Waals surface area contributed by atoms with E-state index in [-0.39, 0.29) is 0 Å². The zero-order valence-corrected chi connectivity index (χ0v) is 9.44. The summed E-state index contributed by atoms with van der Waals surface area (Å²) in [5, 5.41) is 0. The van der Waals surface area contributed by atoms with Gasteiger partial charge in [-0.05, 0) is 6.42 Å². The number of ether oxygens (including phenoxy) is 3. The van der Waals surface area contributed by atoms with Gasteiger partial charge in [0.1, 0.15) is 0 Å². The molecule has 4 atom stereocenters. The van der Waals surface area contributed by atoms with Gasteiger partial charge < -0.3 is 14.2 Å². The molecule has 0 aromatic carbocycles. The molecule has 0 radical (unpaired) electrons. The maximum Gasteiger partial charge on any atom is 0.305 e. The van der Waals surface area contributed by atoms with Gasteiger partial charge >= 0.3 is 11.9 Å². The van der Waals surface area contributed by atoms with Crippen LogP contribution in [0.15, 0.2) is 0 Å². The normalized spacial score (nSPS) is 33.5. The fraction of sp³-hybridized carbons (Fsp3) is 0.800. The van der Waals surface area contributed by atoms with Gasteiger partial charge in [-0.1, -0.05) is 6.92 Å². The second-order valence-corrected chi connectivity index (χ2v) is 3.58. The summed E-state index contributed by atoms with van der Waals surface area (Å²) in [5.41, 5.74) is 0. The summed E-state index contributed by atoms with van der Waals surface area (Å²) in [6, 6.07) is 0. The summed E-state index contributed by atoms with van der Waals surface area (Å²) < 4.78 is 28.4. The molecule has 1 aliphatic heterocycles. The highest BCUT2D eigenvalue weighted by molar-refractivity contribution is 5.67. The number of rotatable bonds is 3. The molecule has 1 aliphatic rings. The van der Waals surface area contributed by atoms with E-state index in [2.05, 4.69) is 0 Å². The highest BCUT2D eigenvalue weighted by atomic mass is 19.1. The number of alkyl halides is 1. The molecule has 0 N–H and O–H groups in total. The van der Waals surface area contributed by atoms with Crippen molar-refractivity contribution in [2.75, 3.05) is 0 Å². The standard InChI is InChI=1S/C10H15FO5/c1-4-7-8(11)9(14-5(2)12)10(16-7)15-6(3)13/h7-10H,4H2,1-3H3/t7-,8+,9?,10?/m1/s1. The average Bonchev–Trinajstić information content (AvgIpc) is 2.44. The summed E-state index contributed by atoms with van der Waals surface area (Å²) in [4.78, 5) is 21.6. The highest BCUT2D eigenvalue weighted by Crippen LogP contribution is 2.29. The monoisotopic (exact) mass is 234 g/mol. The zero-order chi connectivity index (χ0) is 12.3. The lowest BCUT2D eigenvalue weighted by atomic mass is 10.1. The molecule has 1 fully saturated rings. The number of carbonyl (C=O) groups excluding carboxylic acids is 2. The van der Waals surface area contributed by atoms with Crippen LogP contribution in [0.2, 0.25) is 0 Å². The quantitative estimate of drug-likeness (QED) is 0.680. The number of halogens is 1. The zero-order valence-electron chi connectivity index (χ0n) is 9.44. The van der Waals surface area contributed by atoms with E-state index in [0.717, 1.165) is 6.92 Å². The van der Waals surface area contributed by atoms with Crippen LogP contribution in [0, 0.1) is 0 Å². The van der Waals surface area contributed by atoms with Crippen LogP contribution in [0.3, 0.4) is 0 Å². The molecule has 1 heterocycles. The van der Waals surface area contributed by atoms with E-state index in [9.17, 15) is 14.0 Å². The molecular weight excluding hydrogens is 219 g/mol. The highest BCUT2D eigenvalue weighted by Gasteiger charge is 2.48. The van der Waals surface area contributed by atoms with E-state index < -0.39 is 36.6 Å². The van der Waals surface area contributed by atoms with Gasteiger partial charge in [-0.15, -0.1) is 0 Å². The molecule has 2 unspecified atom stereocenters. The van der Waals surface area contributed by atoms with E-state index in [1.807, 2.05) is 0 Å². The predicted octanol–water partition coefficient (Wildman–Crippen LogP) is 0.954. The fourth-order valence-corrected chi connectivity index (χ4v) is 1.58. The van der Waals surface area contributed by atoms with Crippen molar-refractivity contribution in [2.24, 2.45) is 0 Å². The van der Waals surface area contributed by atoms with Gasteiger partial charge in [-0.25, -0.2) is 4.39 Å². The van der Waals surface area contributed by atoms with Crippen molar-refractivity contribution >= 4 is 11.9 Å². The van der Waals surface area contributed by atoms with Crippen molar-refractivity contribution < 1.29 is 28.2 Å². The Bertz CT molecular complexity index is 280. The third kappa shape index (κ3) is 2.91. The van der Waals surface area contributed by atoms with Gasteiger partial charge in [-0.3, -0.25) is 9.59 Å². The van der Waals surface area contributed by atoms with Crippen molar-refractivity contribution in [1.82, 2.24) is 0 Å². The second-order valence-electron chi connectivity index (χ2n) is 3.58. The maximum atomic E-state index is 13.7. The van der Waals surface area contributed by atoms with E-state index >= 15 is 0 Å².